The van der Waals surface area contributed by atoms with Gasteiger partial charge in [0.05, 0.1) is 6.26 Å². The van der Waals surface area contributed by atoms with Crippen LogP contribution in [0.2, 0.25) is 5.28 Å². The van der Waals surface area contributed by atoms with Crippen molar-refractivity contribution in [3.05, 3.63) is 17.6 Å². The number of anilines is 1. The van der Waals surface area contributed by atoms with Crippen LogP contribution in [0, 0.1) is 5.92 Å². The van der Waals surface area contributed by atoms with Gasteiger partial charge in [0.15, 0.2) is 11.4 Å². The smallest absolute Gasteiger partial charge is 0.407 e. The average Bonchev–Trinajstić information content (AvgIpc) is 3.01. The van der Waals surface area contributed by atoms with Crippen LogP contribution < -0.4 is 10.6 Å². The predicted molar refractivity (Wildman–Crippen MR) is 100 cm³/mol. The molecule has 0 bridgehead atoms. The molecule has 1 aliphatic rings. The predicted octanol–water partition coefficient (Wildman–Crippen LogP) is 4.37. The summed E-state index contributed by atoms with van der Waals surface area (Å²) in [5.41, 5.74) is 0.854. The van der Waals surface area contributed by atoms with Crippen molar-refractivity contribution < 1.29 is 13.9 Å². The SMILES string of the molecule is CC(C)(C)OC(=O)NCC1CCC(Nc2nc(Cl)nc3ccoc23)CC1. The Balaban J connectivity index is 1.48. The van der Waals surface area contributed by atoms with Crippen molar-refractivity contribution in [1.82, 2.24) is 15.3 Å². The van der Waals surface area contributed by atoms with Crippen molar-refractivity contribution in [3.63, 3.8) is 0 Å². The monoisotopic (exact) mass is 380 g/mol. The molecule has 0 saturated heterocycles. The first-order valence-electron chi connectivity index (χ1n) is 8.94. The molecule has 2 aromatic heterocycles. The second kappa shape index (κ2) is 7.70. The van der Waals surface area contributed by atoms with Crippen molar-refractivity contribution in [2.45, 2.75) is 58.1 Å². The molecule has 0 aromatic carbocycles. The number of nitrogens with one attached hydrogen (secondary N) is 2. The van der Waals surface area contributed by atoms with E-state index in [4.69, 9.17) is 20.8 Å². The van der Waals surface area contributed by atoms with Crippen molar-refractivity contribution in [2.24, 2.45) is 5.92 Å². The highest BCUT2D eigenvalue weighted by Crippen LogP contribution is 2.29. The zero-order valence-corrected chi connectivity index (χ0v) is 16.1. The highest BCUT2D eigenvalue weighted by molar-refractivity contribution is 6.28. The number of aromatic nitrogens is 2. The van der Waals surface area contributed by atoms with E-state index in [9.17, 15) is 4.79 Å². The molecule has 1 aliphatic carbocycles. The molecule has 2 heterocycles. The molecule has 1 saturated carbocycles. The lowest BCUT2D eigenvalue weighted by atomic mass is 9.86. The number of carbonyl (C=O) groups is 1. The number of nitrogens with zero attached hydrogens (tertiary/aromatic N) is 2. The standard InChI is InChI=1S/C18H25ClN4O3/c1-18(2,3)26-17(24)20-10-11-4-6-12(7-5-11)21-15-14-13(8-9-25-14)22-16(19)23-15/h8-9,11-12H,4-7,10H2,1-3H3,(H,20,24)(H,21,22,23). The third-order valence-corrected chi connectivity index (χ3v) is 4.57. The highest BCUT2D eigenvalue weighted by atomic mass is 35.5. The van der Waals surface area contributed by atoms with Gasteiger partial charge in [0.2, 0.25) is 5.28 Å². The lowest BCUT2D eigenvalue weighted by molar-refractivity contribution is 0.0515. The minimum Gasteiger partial charge on any atom is -0.459 e. The van der Waals surface area contributed by atoms with Crippen LogP contribution in [-0.4, -0.2) is 34.2 Å². The molecule has 1 fully saturated rings. The van der Waals surface area contributed by atoms with Crippen LogP contribution in [-0.2, 0) is 4.74 Å². The van der Waals surface area contributed by atoms with E-state index in [1.807, 2.05) is 20.8 Å². The maximum atomic E-state index is 11.8. The van der Waals surface area contributed by atoms with Crippen LogP contribution in [0.4, 0.5) is 10.6 Å². The summed E-state index contributed by atoms with van der Waals surface area (Å²) in [5, 5.41) is 6.50. The van der Waals surface area contributed by atoms with E-state index in [0.717, 1.165) is 25.7 Å². The fourth-order valence-electron chi connectivity index (χ4n) is 3.18. The lowest BCUT2D eigenvalue weighted by Crippen LogP contribution is -2.37. The second-order valence-electron chi connectivity index (χ2n) is 7.72. The average molecular weight is 381 g/mol. The number of amides is 1. The normalized spacial score (nSPS) is 20.8. The topological polar surface area (TPSA) is 89.3 Å². The molecule has 26 heavy (non-hydrogen) atoms. The van der Waals surface area contributed by atoms with E-state index in [1.165, 1.54) is 0 Å². The Labute approximate surface area is 157 Å². The third-order valence-electron chi connectivity index (χ3n) is 4.40. The van der Waals surface area contributed by atoms with Crippen LogP contribution in [0.25, 0.3) is 11.1 Å². The van der Waals surface area contributed by atoms with Crippen LogP contribution in [0.3, 0.4) is 0 Å². The maximum Gasteiger partial charge on any atom is 0.407 e. The fraction of sp³-hybridized carbons (Fsp3) is 0.611. The number of furan rings is 1. The Hall–Kier alpha value is -2.02. The van der Waals surface area contributed by atoms with E-state index >= 15 is 0 Å². The second-order valence-corrected chi connectivity index (χ2v) is 8.06. The van der Waals surface area contributed by atoms with Crippen molar-refractivity contribution in [2.75, 3.05) is 11.9 Å². The number of carbonyl (C=O) groups excluding carboxylic acids is 1. The first-order valence-corrected chi connectivity index (χ1v) is 9.32. The summed E-state index contributed by atoms with van der Waals surface area (Å²) in [6, 6.07) is 2.07. The number of hydrogen-bond acceptors (Lipinski definition) is 6. The van der Waals surface area contributed by atoms with Gasteiger partial charge in [-0.05, 0) is 64.0 Å². The molecular formula is C18H25ClN4O3. The molecule has 7 nitrogen and oxygen atoms in total. The number of halogens is 1. The summed E-state index contributed by atoms with van der Waals surface area (Å²) in [6.45, 7) is 6.22. The summed E-state index contributed by atoms with van der Waals surface area (Å²) in [6.07, 6.45) is 5.25. The molecule has 142 valence electrons. The molecule has 8 heteroatoms. The number of alkyl carbamates (subject to hydrolysis) is 1. The maximum absolute atomic E-state index is 11.8. The molecule has 2 N–H and O–H groups in total. The van der Waals surface area contributed by atoms with Crippen molar-refractivity contribution >= 4 is 34.6 Å². The van der Waals surface area contributed by atoms with E-state index in [-0.39, 0.29) is 11.4 Å². The summed E-state index contributed by atoms with van der Waals surface area (Å²) in [4.78, 5) is 20.1. The Bertz CT molecular complexity index is 763. The molecule has 0 spiro atoms. The molecular weight excluding hydrogens is 356 g/mol. The van der Waals surface area contributed by atoms with Gasteiger partial charge in [0, 0.05) is 18.7 Å². The molecule has 0 radical (unpaired) electrons. The lowest BCUT2D eigenvalue weighted by Gasteiger charge is -2.29. The first kappa shape index (κ1) is 18.8. The van der Waals surface area contributed by atoms with Gasteiger partial charge < -0.3 is 19.8 Å². The Morgan fingerprint density at radius 3 is 2.73 bits per heavy atom. The van der Waals surface area contributed by atoms with Gasteiger partial charge in [-0.25, -0.2) is 9.78 Å². The Morgan fingerprint density at radius 1 is 1.31 bits per heavy atom. The van der Waals surface area contributed by atoms with Gasteiger partial charge >= 0.3 is 6.09 Å². The van der Waals surface area contributed by atoms with E-state index in [2.05, 4.69) is 20.6 Å². The number of rotatable bonds is 4. The fourth-order valence-corrected chi connectivity index (χ4v) is 3.35. The molecule has 1 amide bonds. The number of hydrogen-bond donors (Lipinski definition) is 2. The number of ether oxygens (including phenoxy) is 1. The molecule has 0 atom stereocenters. The molecule has 0 aliphatic heterocycles. The van der Waals surface area contributed by atoms with Crippen LogP contribution in [0.15, 0.2) is 16.7 Å². The largest absolute Gasteiger partial charge is 0.459 e. The third kappa shape index (κ3) is 5.00. The van der Waals surface area contributed by atoms with Crippen molar-refractivity contribution in [3.8, 4) is 0 Å². The van der Waals surface area contributed by atoms with Gasteiger partial charge in [-0.1, -0.05) is 0 Å². The zero-order valence-electron chi connectivity index (χ0n) is 15.3. The number of fused-ring (bicyclic) bond motifs is 1. The molecule has 3 rings (SSSR count). The van der Waals surface area contributed by atoms with Crippen LogP contribution in [0.1, 0.15) is 46.5 Å². The van der Waals surface area contributed by atoms with Gasteiger partial charge in [-0.3, -0.25) is 0 Å². The van der Waals surface area contributed by atoms with Crippen LogP contribution in [0.5, 0.6) is 0 Å². The summed E-state index contributed by atoms with van der Waals surface area (Å²) in [7, 11) is 0. The van der Waals surface area contributed by atoms with Gasteiger partial charge in [-0.2, -0.15) is 4.98 Å². The van der Waals surface area contributed by atoms with E-state index in [0.29, 0.717) is 35.4 Å². The summed E-state index contributed by atoms with van der Waals surface area (Å²) >= 11 is 5.98. The van der Waals surface area contributed by atoms with Gasteiger partial charge in [0.1, 0.15) is 11.1 Å². The minimum absolute atomic E-state index is 0.205. The van der Waals surface area contributed by atoms with Gasteiger partial charge in [0.25, 0.3) is 0 Å². The first-order chi connectivity index (χ1) is 12.3. The van der Waals surface area contributed by atoms with E-state index in [1.54, 1.807) is 12.3 Å². The Kier molecular flexibility index (Phi) is 5.55. The Morgan fingerprint density at radius 2 is 2.04 bits per heavy atom. The summed E-state index contributed by atoms with van der Waals surface area (Å²) < 4.78 is 10.7. The van der Waals surface area contributed by atoms with Crippen molar-refractivity contribution in [1.29, 1.82) is 0 Å². The highest BCUT2D eigenvalue weighted by Gasteiger charge is 2.24. The zero-order chi connectivity index (χ0) is 18.7. The van der Waals surface area contributed by atoms with E-state index < -0.39 is 5.60 Å². The quantitative estimate of drug-likeness (QED) is 0.765. The minimum atomic E-state index is -0.471. The molecule has 0 unspecified atom stereocenters. The van der Waals surface area contributed by atoms with Gasteiger partial charge in [-0.15, -0.1) is 0 Å². The molecule has 2 aromatic rings. The summed E-state index contributed by atoms with van der Waals surface area (Å²) in [5.74, 6) is 1.10. The van der Waals surface area contributed by atoms with Crippen LogP contribution >= 0.6 is 11.6 Å².